The van der Waals surface area contributed by atoms with Crippen molar-refractivity contribution in [2.75, 3.05) is 9.80 Å². The lowest BCUT2D eigenvalue weighted by molar-refractivity contribution is 1.27. The summed E-state index contributed by atoms with van der Waals surface area (Å²) in [6, 6.07) is 60.7. The molecule has 0 N–H and O–H groups in total. The summed E-state index contributed by atoms with van der Waals surface area (Å²) in [5, 5.41) is 7.91. The van der Waals surface area contributed by atoms with Crippen LogP contribution in [0, 0.1) is 0 Å². The summed E-state index contributed by atoms with van der Waals surface area (Å²) in [5.74, 6) is 0. The van der Waals surface area contributed by atoms with Crippen molar-refractivity contribution in [3.63, 3.8) is 0 Å². The van der Waals surface area contributed by atoms with Gasteiger partial charge in [-0.15, -0.1) is 22.7 Å². The molecular formula is C46H27BN2S2. The number of fused-ring (bicyclic) bond motifs is 7. The predicted molar refractivity (Wildman–Crippen MR) is 223 cm³/mol. The van der Waals surface area contributed by atoms with E-state index in [0.717, 1.165) is 0 Å². The Morgan fingerprint density at radius 2 is 1.08 bits per heavy atom. The Kier molecular flexibility index (Phi) is 5.65. The lowest BCUT2D eigenvalue weighted by atomic mass is 9.36. The average molecular weight is 683 g/mol. The van der Waals surface area contributed by atoms with Gasteiger partial charge in [0.15, 0.2) is 0 Å². The van der Waals surface area contributed by atoms with Crippen LogP contribution in [0.2, 0.25) is 0 Å². The Balaban J connectivity index is 1.23. The summed E-state index contributed by atoms with van der Waals surface area (Å²) in [7, 11) is 0. The molecule has 2 nitrogen and oxygen atoms in total. The molecule has 0 atom stereocenters. The number of nitrogens with zero attached hydrogens (tertiary/aromatic N) is 2. The van der Waals surface area contributed by atoms with Gasteiger partial charge in [0.05, 0.1) is 10.4 Å². The maximum atomic E-state index is 2.55. The van der Waals surface area contributed by atoms with Crippen LogP contribution in [-0.2, 0) is 0 Å². The Bertz CT molecular complexity index is 2970. The van der Waals surface area contributed by atoms with Crippen LogP contribution in [0.1, 0.15) is 0 Å². The molecule has 0 unspecified atom stereocenters. The molecule has 5 heteroatoms. The first-order valence-corrected chi connectivity index (χ1v) is 19.1. The number of anilines is 6. The van der Waals surface area contributed by atoms with Gasteiger partial charge in [0.2, 0.25) is 0 Å². The van der Waals surface area contributed by atoms with Crippen LogP contribution < -0.4 is 25.5 Å². The van der Waals surface area contributed by atoms with Gasteiger partial charge in [0, 0.05) is 48.2 Å². The predicted octanol–water partition coefficient (Wildman–Crippen LogP) is 11.6. The summed E-state index contributed by atoms with van der Waals surface area (Å²) in [4.78, 5) is 6.41. The third-order valence-corrected chi connectivity index (χ3v) is 13.5. The summed E-state index contributed by atoms with van der Waals surface area (Å²) in [6.45, 7) is 0.0906. The van der Waals surface area contributed by atoms with Crippen LogP contribution in [0.3, 0.4) is 0 Å². The number of benzene rings is 8. The minimum atomic E-state index is 0.0906. The van der Waals surface area contributed by atoms with Crippen LogP contribution in [0.5, 0.6) is 0 Å². The molecule has 2 aliphatic heterocycles. The Morgan fingerprint density at radius 3 is 1.78 bits per heavy atom. The fraction of sp³-hybridized carbons (Fsp3) is 0. The third-order valence-electron chi connectivity index (χ3n) is 11.0. The molecule has 0 spiro atoms. The number of hydrogen-bond donors (Lipinski definition) is 0. The molecule has 51 heavy (non-hydrogen) atoms. The van der Waals surface area contributed by atoms with E-state index in [1.807, 2.05) is 22.7 Å². The zero-order valence-electron chi connectivity index (χ0n) is 27.4. The van der Waals surface area contributed by atoms with Gasteiger partial charge in [-0.1, -0.05) is 121 Å². The van der Waals surface area contributed by atoms with Crippen LogP contribution >= 0.6 is 22.7 Å². The van der Waals surface area contributed by atoms with Crippen molar-refractivity contribution in [2.45, 2.75) is 0 Å². The van der Waals surface area contributed by atoms with E-state index < -0.39 is 0 Å². The van der Waals surface area contributed by atoms with E-state index in [2.05, 4.69) is 174 Å². The molecule has 12 rings (SSSR count). The van der Waals surface area contributed by atoms with E-state index >= 15 is 0 Å². The highest BCUT2D eigenvalue weighted by molar-refractivity contribution is 7.38. The van der Waals surface area contributed by atoms with Gasteiger partial charge >= 0.3 is 0 Å². The van der Waals surface area contributed by atoms with Crippen molar-refractivity contribution in [1.29, 1.82) is 0 Å². The van der Waals surface area contributed by atoms with E-state index in [4.69, 9.17) is 0 Å². The first-order valence-electron chi connectivity index (χ1n) is 17.5. The molecule has 0 radical (unpaired) electrons. The summed E-state index contributed by atoms with van der Waals surface area (Å²) < 4.78 is 4.13. The quantitative estimate of drug-likeness (QED) is 0.135. The second-order valence-corrected chi connectivity index (χ2v) is 15.8. The van der Waals surface area contributed by atoms with Crippen LogP contribution in [-0.4, -0.2) is 6.71 Å². The molecule has 0 fully saturated rings. The molecule has 0 bridgehead atoms. The molecule has 2 aliphatic rings. The molecule has 0 saturated heterocycles. The van der Waals surface area contributed by atoms with Crippen LogP contribution in [0.15, 0.2) is 164 Å². The second kappa shape index (κ2) is 10.3. The van der Waals surface area contributed by atoms with Crippen LogP contribution in [0.25, 0.3) is 52.2 Å². The van der Waals surface area contributed by atoms with Crippen molar-refractivity contribution in [2.24, 2.45) is 0 Å². The highest BCUT2D eigenvalue weighted by Crippen LogP contribution is 2.52. The fourth-order valence-corrected chi connectivity index (χ4v) is 11.7. The Morgan fingerprint density at radius 1 is 0.471 bits per heavy atom. The van der Waals surface area contributed by atoms with Gasteiger partial charge < -0.3 is 9.80 Å². The third kappa shape index (κ3) is 3.77. The van der Waals surface area contributed by atoms with Gasteiger partial charge in [0.25, 0.3) is 6.71 Å². The molecule has 8 aromatic carbocycles. The summed E-state index contributed by atoms with van der Waals surface area (Å²) in [5.41, 5.74) is 11.5. The first-order chi connectivity index (χ1) is 25.3. The molecule has 4 heterocycles. The zero-order valence-corrected chi connectivity index (χ0v) is 29.0. The van der Waals surface area contributed by atoms with E-state index in [1.165, 1.54) is 102 Å². The highest BCUT2D eigenvalue weighted by atomic mass is 32.1. The minimum Gasteiger partial charge on any atom is -0.311 e. The van der Waals surface area contributed by atoms with Gasteiger partial charge in [-0.05, 0) is 85.9 Å². The molecular weight excluding hydrogens is 655 g/mol. The lowest BCUT2D eigenvalue weighted by Gasteiger charge is -2.43. The molecule has 2 aromatic heterocycles. The Labute approximate surface area is 303 Å². The van der Waals surface area contributed by atoms with Gasteiger partial charge in [-0.25, -0.2) is 0 Å². The van der Waals surface area contributed by atoms with Crippen molar-refractivity contribution in [1.82, 2.24) is 0 Å². The molecule has 0 aliphatic carbocycles. The van der Waals surface area contributed by atoms with E-state index in [0.29, 0.717) is 0 Å². The van der Waals surface area contributed by atoms with E-state index in [1.54, 1.807) is 0 Å². The number of hydrogen-bond acceptors (Lipinski definition) is 4. The second-order valence-electron chi connectivity index (χ2n) is 13.6. The molecule has 236 valence electrons. The van der Waals surface area contributed by atoms with Crippen molar-refractivity contribution >= 4 is 121 Å². The average Bonchev–Trinajstić information content (AvgIpc) is 3.77. The van der Waals surface area contributed by atoms with Crippen molar-refractivity contribution < 1.29 is 0 Å². The standard InChI is InChI=1S/C46H27BN2S2/c1-4-12-28(13-5-1)38-27-39-45(50-38)44-46(51-39)47-35-26-31-23-22-29-14-10-15-30-24-25-34(41(31)40(29)30)43(35)48(32-16-6-2-7-17-32)36-20-11-21-37(42(36)47)49(44)33-18-8-3-9-19-33/h1-27H. The molecule has 0 saturated carbocycles. The lowest BCUT2D eigenvalue weighted by Crippen LogP contribution is -2.60. The summed E-state index contributed by atoms with van der Waals surface area (Å²) >= 11 is 3.90. The largest absolute Gasteiger partial charge is 0.311 e. The monoisotopic (exact) mass is 682 g/mol. The van der Waals surface area contributed by atoms with Gasteiger partial charge in [0.1, 0.15) is 0 Å². The SMILES string of the molecule is c1ccc(-c2cc3sc4c(c3s2)N(c2ccccc2)c2cccc3c2B4c2cc4ccc5cccc6ccc(c2N3c2ccccc2)c4c56)cc1. The van der Waals surface area contributed by atoms with E-state index in [9.17, 15) is 0 Å². The molecule has 0 amide bonds. The Hall–Kier alpha value is -5.88. The topological polar surface area (TPSA) is 6.48 Å². The maximum Gasteiger partial charge on any atom is 0.264 e. The summed E-state index contributed by atoms with van der Waals surface area (Å²) in [6.07, 6.45) is 0. The number of rotatable bonds is 3. The van der Waals surface area contributed by atoms with Crippen molar-refractivity contribution in [3.05, 3.63) is 164 Å². The smallest absolute Gasteiger partial charge is 0.264 e. The van der Waals surface area contributed by atoms with Gasteiger partial charge in [-0.2, -0.15) is 0 Å². The van der Waals surface area contributed by atoms with Crippen LogP contribution in [0.4, 0.5) is 34.1 Å². The van der Waals surface area contributed by atoms with Gasteiger partial charge in [-0.3, -0.25) is 0 Å². The van der Waals surface area contributed by atoms with E-state index in [-0.39, 0.29) is 6.71 Å². The van der Waals surface area contributed by atoms with Crippen molar-refractivity contribution in [3.8, 4) is 10.4 Å². The maximum absolute atomic E-state index is 2.55. The molecule has 10 aromatic rings. The number of para-hydroxylation sites is 2. The first kappa shape index (κ1) is 27.9. The minimum absolute atomic E-state index is 0.0906. The normalized spacial score (nSPS) is 13.4. The number of thiophene rings is 2. The fourth-order valence-electron chi connectivity index (χ4n) is 8.92. The zero-order chi connectivity index (χ0) is 33.2. The highest BCUT2D eigenvalue weighted by Gasteiger charge is 2.46.